The average molecular weight is 277 g/mol. The van der Waals surface area contributed by atoms with E-state index in [0.29, 0.717) is 19.8 Å². The zero-order chi connectivity index (χ0) is 14.5. The van der Waals surface area contributed by atoms with E-state index in [2.05, 4.69) is 42.3 Å². The minimum atomic E-state index is -0.373. The van der Waals surface area contributed by atoms with Crippen LogP contribution in [-0.4, -0.2) is 38.3 Å². The molecule has 20 heavy (non-hydrogen) atoms. The number of aryl methyl sites for hydroxylation is 1. The summed E-state index contributed by atoms with van der Waals surface area (Å²) in [6.07, 6.45) is 0. The Morgan fingerprint density at radius 3 is 3.00 bits per heavy atom. The molecule has 5 nitrogen and oxygen atoms in total. The van der Waals surface area contributed by atoms with Gasteiger partial charge in [0, 0.05) is 18.8 Å². The molecule has 0 saturated carbocycles. The van der Waals surface area contributed by atoms with Gasteiger partial charge in [0.1, 0.15) is 6.04 Å². The summed E-state index contributed by atoms with van der Waals surface area (Å²) in [5.41, 5.74) is 8.94. The number of ether oxygens (including phenoxy) is 1. The van der Waals surface area contributed by atoms with Crippen molar-refractivity contribution in [2.24, 2.45) is 5.73 Å². The predicted octanol–water partition coefficient (Wildman–Crippen LogP) is 0.795. The topological polar surface area (TPSA) is 67.6 Å². The lowest BCUT2D eigenvalue weighted by atomic mass is 10.1. The first-order valence-electron chi connectivity index (χ1n) is 7.07. The Hall–Kier alpha value is -1.59. The summed E-state index contributed by atoms with van der Waals surface area (Å²) in [6, 6.07) is 5.95. The van der Waals surface area contributed by atoms with Crippen LogP contribution in [0.25, 0.3) is 0 Å². The summed E-state index contributed by atoms with van der Waals surface area (Å²) in [6.45, 7) is 7.66. The first kappa shape index (κ1) is 14.8. The lowest BCUT2D eigenvalue weighted by Crippen LogP contribution is -2.52. The average Bonchev–Trinajstić information content (AvgIpc) is 2.45. The van der Waals surface area contributed by atoms with Crippen LogP contribution in [0.4, 0.5) is 5.69 Å². The molecule has 1 heterocycles. The highest BCUT2D eigenvalue weighted by molar-refractivity contribution is 5.84. The van der Waals surface area contributed by atoms with Crippen molar-refractivity contribution in [1.29, 1.82) is 0 Å². The Morgan fingerprint density at radius 1 is 1.55 bits per heavy atom. The van der Waals surface area contributed by atoms with Gasteiger partial charge in [-0.15, -0.1) is 0 Å². The lowest BCUT2D eigenvalue weighted by molar-refractivity contribution is -0.121. The van der Waals surface area contributed by atoms with Gasteiger partial charge in [-0.2, -0.15) is 0 Å². The number of primary amides is 1. The summed E-state index contributed by atoms with van der Waals surface area (Å²) in [7, 11) is 0. The molecule has 0 radical (unpaired) electrons. The maximum Gasteiger partial charge on any atom is 0.242 e. The van der Waals surface area contributed by atoms with Crippen molar-refractivity contribution < 1.29 is 9.53 Å². The fraction of sp³-hybridized carbons (Fsp3) is 0.533. The van der Waals surface area contributed by atoms with Crippen LogP contribution in [-0.2, 0) is 16.1 Å². The second kappa shape index (κ2) is 6.72. The molecule has 0 spiro atoms. The lowest BCUT2D eigenvalue weighted by Gasteiger charge is -2.36. The summed E-state index contributed by atoms with van der Waals surface area (Å²) >= 11 is 0. The van der Waals surface area contributed by atoms with Crippen LogP contribution in [0.2, 0.25) is 0 Å². The van der Waals surface area contributed by atoms with Crippen LogP contribution in [0.1, 0.15) is 18.1 Å². The number of anilines is 1. The highest BCUT2D eigenvalue weighted by Crippen LogP contribution is 2.25. The van der Waals surface area contributed by atoms with Crippen molar-refractivity contribution in [3.63, 3.8) is 0 Å². The Morgan fingerprint density at radius 2 is 2.35 bits per heavy atom. The molecular formula is C15H23N3O2. The van der Waals surface area contributed by atoms with E-state index >= 15 is 0 Å². The second-order valence-corrected chi connectivity index (χ2v) is 5.09. The van der Waals surface area contributed by atoms with Gasteiger partial charge < -0.3 is 20.7 Å². The van der Waals surface area contributed by atoms with Gasteiger partial charge in [-0.05, 0) is 30.7 Å². The van der Waals surface area contributed by atoms with E-state index in [1.165, 1.54) is 5.56 Å². The van der Waals surface area contributed by atoms with Crippen LogP contribution in [0, 0.1) is 6.92 Å². The van der Waals surface area contributed by atoms with E-state index in [-0.39, 0.29) is 11.9 Å². The quantitative estimate of drug-likeness (QED) is 0.835. The molecule has 1 aromatic rings. The van der Waals surface area contributed by atoms with Crippen molar-refractivity contribution >= 4 is 11.6 Å². The Balaban J connectivity index is 2.20. The van der Waals surface area contributed by atoms with E-state index in [0.717, 1.165) is 24.3 Å². The minimum Gasteiger partial charge on any atom is -0.377 e. The molecule has 5 heteroatoms. The smallest absolute Gasteiger partial charge is 0.242 e. The zero-order valence-electron chi connectivity index (χ0n) is 12.2. The number of nitrogens with one attached hydrogen (secondary N) is 1. The highest BCUT2D eigenvalue weighted by Gasteiger charge is 2.28. The van der Waals surface area contributed by atoms with Crippen molar-refractivity contribution in [1.82, 2.24) is 5.32 Å². The Kier molecular flexibility index (Phi) is 4.98. The molecule has 1 unspecified atom stereocenters. The summed E-state index contributed by atoms with van der Waals surface area (Å²) in [5, 5.41) is 3.31. The van der Waals surface area contributed by atoms with Crippen LogP contribution in [0.5, 0.6) is 0 Å². The molecule has 3 N–H and O–H groups in total. The molecule has 0 aromatic heterocycles. The fourth-order valence-corrected chi connectivity index (χ4v) is 2.55. The van der Waals surface area contributed by atoms with Gasteiger partial charge in [0.05, 0.1) is 13.2 Å². The van der Waals surface area contributed by atoms with Gasteiger partial charge >= 0.3 is 0 Å². The summed E-state index contributed by atoms with van der Waals surface area (Å²) in [5.74, 6) is -0.333. The number of benzene rings is 1. The second-order valence-electron chi connectivity index (χ2n) is 5.09. The number of carbonyl (C=O) groups is 1. The van der Waals surface area contributed by atoms with Gasteiger partial charge in [-0.1, -0.05) is 19.1 Å². The van der Waals surface area contributed by atoms with Crippen LogP contribution >= 0.6 is 0 Å². The van der Waals surface area contributed by atoms with Gasteiger partial charge in [0.15, 0.2) is 0 Å². The van der Waals surface area contributed by atoms with E-state index in [9.17, 15) is 4.79 Å². The molecule has 0 aliphatic carbocycles. The van der Waals surface area contributed by atoms with Crippen LogP contribution < -0.4 is 16.0 Å². The summed E-state index contributed by atoms with van der Waals surface area (Å²) < 4.78 is 5.36. The summed E-state index contributed by atoms with van der Waals surface area (Å²) in [4.78, 5) is 13.6. The van der Waals surface area contributed by atoms with Crippen molar-refractivity contribution in [3.8, 4) is 0 Å². The first-order valence-corrected chi connectivity index (χ1v) is 7.07. The third kappa shape index (κ3) is 3.29. The number of carbonyl (C=O) groups excluding carboxylic acids is 1. The molecule has 1 aromatic carbocycles. The molecule has 1 aliphatic heterocycles. The molecule has 0 bridgehead atoms. The third-order valence-electron chi connectivity index (χ3n) is 3.61. The predicted molar refractivity (Wildman–Crippen MR) is 79.7 cm³/mol. The third-order valence-corrected chi connectivity index (χ3v) is 3.61. The fourth-order valence-electron chi connectivity index (χ4n) is 2.55. The molecule has 1 amide bonds. The highest BCUT2D eigenvalue weighted by atomic mass is 16.5. The van der Waals surface area contributed by atoms with Crippen molar-refractivity contribution in [3.05, 3.63) is 29.3 Å². The maximum absolute atomic E-state index is 11.5. The van der Waals surface area contributed by atoms with Crippen LogP contribution in [0.15, 0.2) is 18.2 Å². The molecule has 2 rings (SSSR count). The van der Waals surface area contributed by atoms with Crippen molar-refractivity contribution in [2.45, 2.75) is 26.4 Å². The number of nitrogens with zero attached hydrogens (tertiary/aromatic N) is 1. The Bertz CT molecular complexity index is 476. The molecule has 1 aliphatic rings. The normalized spacial score (nSPS) is 19.1. The number of hydrogen-bond acceptors (Lipinski definition) is 4. The number of hydrogen-bond donors (Lipinski definition) is 2. The van der Waals surface area contributed by atoms with E-state index in [1.807, 2.05) is 0 Å². The molecule has 1 fully saturated rings. The van der Waals surface area contributed by atoms with Crippen molar-refractivity contribution in [2.75, 3.05) is 31.2 Å². The Labute approximate surface area is 120 Å². The standard InChI is InChI=1S/C15H23N3O2/c1-3-17-9-12-4-5-13(11(2)8-12)18-6-7-20-10-14(18)15(16)19/h4-5,8,14,17H,3,6-7,9-10H2,1-2H3,(H2,16,19). The number of rotatable bonds is 5. The zero-order valence-corrected chi connectivity index (χ0v) is 12.2. The van der Waals surface area contributed by atoms with E-state index < -0.39 is 0 Å². The first-order chi connectivity index (χ1) is 9.63. The minimum absolute atomic E-state index is 0.333. The maximum atomic E-state index is 11.5. The van der Waals surface area contributed by atoms with E-state index in [4.69, 9.17) is 10.5 Å². The molecule has 110 valence electrons. The monoisotopic (exact) mass is 277 g/mol. The largest absolute Gasteiger partial charge is 0.377 e. The van der Waals surface area contributed by atoms with Crippen LogP contribution in [0.3, 0.4) is 0 Å². The van der Waals surface area contributed by atoms with E-state index in [1.54, 1.807) is 0 Å². The number of morpholine rings is 1. The number of amides is 1. The SMILES string of the molecule is CCNCc1ccc(N2CCOCC2C(N)=O)c(C)c1. The molecule has 1 saturated heterocycles. The van der Waals surface area contributed by atoms with Gasteiger partial charge in [-0.25, -0.2) is 0 Å². The van der Waals surface area contributed by atoms with Gasteiger partial charge in [0.2, 0.25) is 5.91 Å². The van der Waals surface area contributed by atoms with Gasteiger partial charge in [-0.3, -0.25) is 4.79 Å². The molecular weight excluding hydrogens is 254 g/mol. The molecule has 1 atom stereocenters. The van der Waals surface area contributed by atoms with Gasteiger partial charge in [0.25, 0.3) is 0 Å². The number of nitrogens with two attached hydrogens (primary N) is 1.